The molecule has 5 aliphatic rings. The molecule has 14 nitrogen and oxygen atoms in total. The zero-order valence-corrected chi connectivity index (χ0v) is 31.1. The monoisotopic (exact) mass is 741 g/mol. The lowest BCUT2D eigenvalue weighted by molar-refractivity contribution is -0.141. The van der Waals surface area contributed by atoms with Crippen LogP contribution in [0.3, 0.4) is 0 Å². The van der Waals surface area contributed by atoms with E-state index in [1.165, 1.54) is 11.0 Å². The number of benzene rings is 1. The van der Waals surface area contributed by atoms with E-state index in [0.717, 1.165) is 42.4 Å². The van der Waals surface area contributed by atoms with Crippen LogP contribution in [0.15, 0.2) is 30.9 Å². The molecule has 5 amide bonds. The molecule has 2 saturated carbocycles. The first-order valence-corrected chi connectivity index (χ1v) is 20.0. The molecule has 15 heteroatoms. The van der Waals surface area contributed by atoms with Crippen LogP contribution in [0.25, 0.3) is 0 Å². The quantitative estimate of drug-likeness (QED) is 0.320. The number of cyclic esters (lactones) is 1. The molecule has 2 aliphatic carbocycles. The van der Waals surface area contributed by atoms with Gasteiger partial charge in [-0.2, -0.15) is 0 Å². The van der Waals surface area contributed by atoms with Crippen molar-refractivity contribution in [2.24, 2.45) is 11.3 Å². The number of ether oxygens (including phenoxy) is 2. The first kappa shape index (κ1) is 37.6. The molecule has 5 atom stereocenters. The van der Waals surface area contributed by atoms with Gasteiger partial charge in [0.2, 0.25) is 21.8 Å². The van der Waals surface area contributed by atoms with Crippen LogP contribution >= 0.6 is 0 Å². The molecule has 1 aromatic rings. The molecule has 1 aromatic carbocycles. The van der Waals surface area contributed by atoms with Crippen LogP contribution in [0.2, 0.25) is 0 Å². The fraction of sp³-hybridized carbons (Fsp3) is 0.649. The maximum atomic E-state index is 14.3. The molecule has 3 fully saturated rings. The molecule has 4 bridgehead atoms. The van der Waals surface area contributed by atoms with Crippen LogP contribution in [-0.2, 0) is 53.4 Å². The van der Waals surface area contributed by atoms with Gasteiger partial charge in [0, 0.05) is 25.4 Å². The zero-order chi connectivity index (χ0) is 37.4. The second-order valence-electron chi connectivity index (χ2n) is 15.8. The summed E-state index contributed by atoms with van der Waals surface area (Å²) in [4.78, 5) is 71.5. The summed E-state index contributed by atoms with van der Waals surface area (Å²) in [5.74, 6) is -2.64. The van der Waals surface area contributed by atoms with Gasteiger partial charge in [0.05, 0.1) is 18.4 Å². The van der Waals surface area contributed by atoms with Crippen LogP contribution in [0, 0.1) is 11.3 Å². The number of nitrogens with one attached hydrogen (secondary N) is 3. The van der Waals surface area contributed by atoms with E-state index in [-0.39, 0.29) is 37.8 Å². The number of amides is 5. The first-order valence-electron chi connectivity index (χ1n) is 18.5. The third kappa shape index (κ3) is 8.08. The van der Waals surface area contributed by atoms with Crippen LogP contribution < -0.4 is 15.4 Å². The lowest BCUT2D eigenvalue weighted by Crippen LogP contribution is -2.58. The second kappa shape index (κ2) is 14.7. The molecule has 3 N–H and O–H groups in total. The van der Waals surface area contributed by atoms with Gasteiger partial charge < -0.3 is 25.0 Å². The fourth-order valence-electron chi connectivity index (χ4n) is 7.61. The Morgan fingerprint density at radius 3 is 2.58 bits per heavy atom. The summed E-state index contributed by atoms with van der Waals surface area (Å²) in [7, 11) is -3.90. The molecule has 0 radical (unpaired) electrons. The molecule has 0 aromatic heterocycles. The standard InChI is InChI=1S/C37H51N5O9S/c1-5-7-13-29-32(44)42-20-26(17-30(42)31(43)39-37(18-25(37)6-2)33(45)40-52(48,49)27-14-15-27)51-35(47)41-19-24-11-8-10-23(28(24)21-41)12-9-16-36(3,4)22-50-34(46)38-29/h6,8,10-11,25-27,29-30H,2,5,7,9,12-22H2,1,3-4H3,(H,38,46)(H,39,43)(H,40,45)/t25-,26+,29-,30-,37+/m0/s1. The first-order chi connectivity index (χ1) is 24.7. The third-order valence-corrected chi connectivity index (χ3v) is 12.9. The van der Waals surface area contributed by atoms with Crippen molar-refractivity contribution in [2.45, 2.75) is 127 Å². The number of nitrogens with zero attached hydrogens (tertiary/aromatic N) is 2. The highest BCUT2D eigenvalue weighted by molar-refractivity contribution is 7.91. The lowest BCUT2D eigenvalue weighted by Gasteiger charge is -2.30. The summed E-state index contributed by atoms with van der Waals surface area (Å²) in [5.41, 5.74) is 1.36. The topological polar surface area (TPSA) is 181 Å². The average molecular weight is 742 g/mol. The van der Waals surface area contributed by atoms with Crippen molar-refractivity contribution in [3.8, 4) is 0 Å². The lowest BCUT2D eigenvalue weighted by atomic mass is 9.86. The van der Waals surface area contributed by atoms with Gasteiger partial charge in [0.1, 0.15) is 23.7 Å². The molecular formula is C37H51N5O9S. The fourth-order valence-corrected chi connectivity index (χ4v) is 8.97. The molecule has 284 valence electrons. The number of hydrogen-bond donors (Lipinski definition) is 3. The molecule has 3 heterocycles. The van der Waals surface area contributed by atoms with Crippen LogP contribution in [0.1, 0.15) is 95.2 Å². The van der Waals surface area contributed by atoms with E-state index in [2.05, 4.69) is 28.0 Å². The molecule has 3 aliphatic heterocycles. The minimum Gasteiger partial charge on any atom is -0.449 e. The molecule has 6 rings (SSSR count). The average Bonchev–Trinajstić information content (AvgIpc) is 3.99. The number of rotatable bonds is 9. The van der Waals surface area contributed by atoms with Crippen molar-refractivity contribution in [3.05, 3.63) is 47.5 Å². The van der Waals surface area contributed by atoms with E-state index < -0.39 is 74.8 Å². The Kier molecular flexibility index (Phi) is 10.6. The van der Waals surface area contributed by atoms with Gasteiger partial charge in [0.25, 0.3) is 5.91 Å². The zero-order valence-electron chi connectivity index (χ0n) is 30.3. The Morgan fingerprint density at radius 1 is 1.13 bits per heavy atom. The predicted molar refractivity (Wildman–Crippen MR) is 190 cm³/mol. The Morgan fingerprint density at radius 2 is 1.88 bits per heavy atom. The van der Waals surface area contributed by atoms with Crippen molar-refractivity contribution in [3.63, 3.8) is 0 Å². The van der Waals surface area contributed by atoms with Gasteiger partial charge in [-0.15, -0.1) is 6.58 Å². The minimum atomic E-state index is -3.90. The highest BCUT2D eigenvalue weighted by Crippen LogP contribution is 2.45. The molecule has 52 heavy (non-hydrogen) atoms. The normalized spacial score (nSPS) is 29.1. The second-order valence-corrected chi connectivity index (χ2v) is 17.7. The summed E-state index contributed by atoms with van der Waals surface area (Å²) in [6.45, 7) is 10.5. The van der Waals surface area contributed by atoms with Crippen molar-refractivity contribution < 1.29 is 41.9 Å². The molecule has 0 spiro atoms. The number of alkyl carbamates (subject to hydrolysis) is 1. The number of sulfonamides is 1. The van der Waals surface area contributed by atoms with Crippen molar-refractivity contribution >= 4 is 39.9 Å². The Balaban J connectivity index is 1.27. The SMILES string of the molecule is C=C[C@H]1C[C@]1(NC(=O)[C@@H]1C[C@@H]2CN1C(=O)[C@H](CCCC)NC(=O)OCC(C)(C)CCCc1cccc3c1CN(C3)C(=O)O2)C(=O)NS(=O)(=O)C1CC1. The largest absolute Gasteiger partial charge is 0.449 e. The smallest absolute Gasteiger partial charge is 0.410 e. The van der Waals surface area contributed by atoms with E-state index in [9.17, 15) is 32.4 Å². The van der Waals surface area contributed by atoms with E-state index in [4.69, 9.17) is 9.47 Å². The van der Waals surface area contributed by atoms with Crippen LogP contribution in [-0.4, -0.2) is 90.3 Å². The summed E-state index contributed by atoms with van der Waals surface area (Å²) in [6.07, 6.45) is 4.31. The summed E-state index contributed by atoms with van der Waals surface area (Å²) in [5, 5.41) is 4.83. The van der Waals surface area contributed by atoms with E-state index >= 15 is 0 Å². The Labute approximate surface area is 305 Å². The maximum absolute atomic E-state index is 14.3. The summed E-state index contributed by atoms with van der Waals surface area (Å²) in [6, 6.07) is 3.83. The van der Waals surface area contributed by atoms with Gasteiger partial charge in [0.15, 0.2) is 0 Å². The molecular weight excluding hydrogens is 691 g/mol. The van der Waals surface area contributed by atoms with E-state index in [1.54, 1.807) is 4.90 Å². The number of unbranched alkanes of at least 4 members (excludes halogenated alkanes) is 1. The van der Waals surface area contributed by atoms with Gasteiger partial charge in [-0.05, 0) is 67.1 Å². The predicted octanol–water partition coefficient (Wildman–Crippen LogP) is 3.43. The third-order valence-electron chi connectivity index (χ3n) is 11.0. The van der Waals surface area contributed by atoms with Gasteiger partial charge in [-0.1, -0.05) is 57.9 Å². The van der Waals surface area contributed by atoms with Crippen molar-refractivity contribution in [1.29, 1.82) is 0 Å². The number of hydrogen-bond acceptors (Lipinski definition) is 9. The summed E-state index contributed by atoms with van der Waals surface area (Å²) >= 11 is 0. The van der Waals surface area contributed by atoms with Gasteiger partial charge in [-0.3, -0.25) is 24.0 Å². The molecule has 0 unspecified atom stereocenters. The number of fused-ring (bicyclic) bond motifs is 3. The minimum absolute atomic E-state index is 0.0642. The van der Waals surface area contributed by atoms with Gasteiger partial charge >= 0.3 is 12.2 Å². The van der Waals surface area contributed by atoms with Crippen molar-refractivity contribution in [1.82, 2.24) is 25.2 Å². The number of aryl methyl sites for hydroxylation is 1. The van der Waals surface area contributed by atoms with Crippen molar-refractivity contribution in [2.75, 3.05) is 13.2 Å². The number of carbonyl (C=O) groups is 5. The Hall–Kier alpha value is -4.14. The van der Waals surface area contributed by atoms with E-state index in [1.807, 2.05) is 32.9 Å². The van der Waals surface area contributed by atoms with Gasteiger partial charge in [-0.25, -0.2) is 18.0 Å². The highest BCUT2D eigenvalue weighted by Gasteiger charge is 2.62. The molecule has 1 saturated heterocycles. The number of carbonyl (C=O) groups excluding carboxylic acids is 5. The van der Waals surface area contributed by atoms with E-state index in [0.29, 0.717) is 32.4 Å². The summed E-state index contributed by atoms with van der Waals surface area (Å²) < 4.78 is 39.1. The van der Waals surface area contributed by atoms with Crippen LogP contribution in [0.4, 0.5) is 9.59 Å². The highest BCUT2D eigenvalue weighted by atomic mass is 32.2. The maximum Gasteiger partial charge on any atom is 0.410 e. The Bertz CT molecular complexity index is 1730. The van der Waals surface area contributed by atoms with Crippen LogP contribution in [0.5, 0.6) is 0 Å².